The first-order valence-electron chi connectivity index (χ1n) is 10.2. The topological polar surface area (TPSA) is 112 Å². The molecule has 1 saturated heterocycles. The van der Waals surface area contributed by atoms with Gasteiger partial charge in [0.25, 0.3) is 5.91 Å². The Morgan fingerprint density at radius 3 is 2.76 bits per heavy atom. The van der Waals surface area contributed by atoms with E-state index < -0.39 is 34.4 Å². The molecule has 0 radical (unpaired) electrons. The average molecular weight is 475 g/mol. The molecule has 1 aromatic carbocycles. The average Bonchev–Trinajstić information content (AvgIpc) is 3.44. The van der Waals surface area contributed by atoms with E-state index >= 15 is 0 Å². The molecule has 2 aromatic heterocycles. The normalized spacial score (nSPS) is 19.7. The minimum absolute atomic E-state index is 0.0127. The highest BCUT2D eigenvalue weighted by atomic mass is 32.1. The summed E-state index contributed by atoms with van der Waals surface area (Å²) < 4.78 is 28.5. The lowest BCUT2D eigenvalue weighted by Gasteiger charge is -2.50. The number of aromatic hydroxyl groups is 1. The van der Waals surface area contributed by atoms with Gasteiger partial charge in [0.05, 0.1) is 12.2 Å². The number of hydrogen-bond donors (Lipinski definition) is 2. The molecule has 33 heavy (non-hydrogen) atoms. The largest absolute Gasteiger partial charge is 0.502 e. The van der Waals surface area contributed by atoms with Crippen LogP contribution in [0.4, 0.5) is 8.78 Å². The fourth-order valence-electron chi connectivity index (χ4n) is 4.52. The number of amides is 1. The predicted molar refractivity (Wildman–Crippen MR) is 115 cm³/mol. The molecule has 2 aliphatic rings. The van der Waals surface area contributed by atoms with E-state index in [4.69, 9.17) is 0 Å². The van der Waals surface area contributed by atoms with E-state index in [0.717, 1.165) is 23.5 Å². The number of rotatable bonds is 4. The first kappa shape index (κ1) is 21.5. The van der Waals surface area contributed by atoms with Crippen molar-refractivity contribution in [2.45, 2.75) is 24.9 Å². The van der Waals surface area contributed by atoms with E-state index in [0.29, 0.717) is 24.4 Å². The van der Waals surface area contributed by atoms with Crippen LogP contribution in [0.1, 0.15) is 33.9 Å². The van der Waals surface area contributed by atoms with Gasteiger partial charge in [-0.15, -0.1) is 10.2 Å². The van der Waals surface area contributed by atoms with Crippen LogP contribution in [0, 0.1) is 11.6 Å². The lowest BCUT2D eigenvalue weighted by Crippen LogP contribution is -2.68. The number of pyridine rings is 1. The highest BCUT2D eigenvalue weighted by Gasteiger charge is 2.52. The molecular weight excluding hydrogens is 456 g/mol. The van der Waals surface area contributed by atoms with Gasteiger partial charge in [0.2, 0.25) is 5.43 Å². The van der Waals surface area contributed by atoms with Gasteiger partial charge in [-0.2, -0.15) is 0 Å². The third-order valence-electron chi connectivity index (χ3n) is 6.31. The Kier molecular flexibility index (Phi) is 4.94. The molecule has 0 bridgehead atoms. The number of hydrogen-bond acceptors (Lipinski definition) is 8. The maximum atomic E-state index is 14.0. The third kappa shape index (κ3) is 3.12. The van der Waals surface area contributed by atoms with Crippen molar-refractivity contribution in [2.24, 2.45) is 0 Å². The van der Waals surface area contributed by atoms with Crippen molar-refractivity contribution in [3.05, 3.63) is 62.5 Å². The van der Waals surface area contributed by atoms with Crippen molar-refractivity contribution in [2.75, 3.05) is 25.2 Å². The van der Waals surface area contributed by atoms with Gasteiger partial charge in [0.15, 0.2) is 22.1 Å². The standard InChI is InChI=1S/C21H19F2N5O4S/c1-26-21(10-29)5-2-6-27(21)20(32)16-18(31)17(30)13(9-28(16)26)19-25-24-15(33-19)7-11-3-4-12(22)8-14(11)23/h3-4,8-9,29,31H,2,5-7,10H2,1H3. The number of aliphatic hydroxyl groups excluding tert-OH is 1. The molecule has 172 valence electrons. The van der Waals surface area contributed by atoms with Crippen LogP contribution in [-0.4, -0.2) is 61.8 Å². The van der Waals surface area contributed by atoms with Crippen molar-refractivity contribution in [3.8, 4) is 16.3 Å². The van der Waals surface area contributed by atoms with Gasteiger partial charge in [-0.1, -0.05) is 17.4 Å². The molecule has 0 saturated carbocycles. The molecule has 1 unspecified atom stereocenters. The molecule has 1 fully saturated rings. The third-order valence-corrected chi connectivity index (χ3v) is 7.26. The second-order valence-corrected chi connectivity index (χ2v) is 9.11. The molecule has 5 rings (SSSR count). The number of likely N-dealkylation sites (N-methyl/N-ethyl adjacent to an activating group) is 1. The Hall–Kier alpha value is -3.38. The summed E-state index contributed by atoms with van der Waals surface area (Å²) in [5.41, 5.74) is -1.71. The zero-order valence-corrected chi connectivity index (χ0v) is 18.3. The highest BCUT2D eigenvalue weighted by Crippen LogP contribution is 2.38. The fraction of sp³-hybridized carbons (Fsp3) is 0.333. The van der Waals surface area contributed by atoms with Gasteiger partial charge in [-0.25, -0.2) is 8.78 Å². The van der Waals surface area contributed by atoms with Gasteiger partial charge in [0, 0.05) is 32.3 Å². The van der Waals surface area contributed by atoms with Crippen LogP contribution in [0.5, 0.6) is 5.75 Å². The second-order valence-electron chi connectivity index (χ2n) is 8.05. The number of halogens is 2. The molecule has 0 spiro atoms. The number of aliphatic hydroxyl groups is 1. The molecule has 0 aliphatic carbocycles. The summed E-state index contributed by atoms with van der Waals surface area (Å²) in [7, 11) is 1.67. The summed E-state index contributed by atoms with van der Waals surface area (Å²) in [6.07, 6.45) is 2.64. The van der Waals surface area contributed by atoms with Crippen LogP contribution < -0.4 is 10.4 Å². The summed E-state index contributed by atoms with van der Waals surface area (Å²) in [6.45, 7) is 0.0852. The molecule has 1 atom stereocenters. The van der Waals surface area contributed by atoms with Crippen LogP contribution in [0.25, 0.3) is 10.6 Å². The first-order valence-corrected chi connectivity index (χ1v) is 11.0. The molecule has 4 heterocycles. The predicted octanol–water partition coefficient (Wildman–Crippen LogP) is 1.45. The van der Waals surface area contributed by atoms with Gasteiger partial charge in [-0.05, 0) is 24.5 Å². The molecule has 9 nitrogen and oxygen atoms in total. The van der Waals surface area contributed by atoms with E-state index in [1.54, 1.807) is 12.1 Å². The number of nitrogens with zero attached hydrogens (tertiary/aromatic N) is 5. The van der Waals surface area contributed by atoms with E-state index in [9.17, 15) is 28.6 Å². The quantitative estimate of drug-likeness (QED) is 0.588. The van der Waals surface area contributed by atoms with Crippen molar-refractivity contribution < 1.29 is 23.8 Å². The summed E-state index contributed by atoms with van der Waals surface area (Å²) in [5.74, 6) is -2.66. The van der Waals surface area contributed by atoms with Gasteiger partial charge in [-0.3, -0.25) is 19.3 Å². The lowest BCUT2D eigenvalue weighted by molar-refractivity contribution is 0.0219. The van der Waals surface area contributed by atoms with Crippen LogP contribution in [-0.2, 0) is 6.42 Å². The van der Waals surface area contributed by atoms with E-state index in [1.807, 2.05) is 0 Å². The highest BCUT2D eigenvalue weighted by molar-refractivity contribution is 7.14. The second kappa shape index (κ2) is 7.59. The zero-order chi connectivity index (χ0) is 23.5. The summed E-state index contributed by atoms with van der Waals surface area (Å²) in [4.78, 5) is 27.5. The Bertz CT molecular complexity index is 1340. The Balaban J connectivity index is 1.57. The van der Waals surface area contributed by atoms with E-state index in [2.05, 4.69) is 10.2 Å². The van der Waals surface area contributed by atoms with Crippen LogP contribution in [0.15, 0.2) is 29.2 Å². The SMILES string of the molecule is CN1n2cc(-c3nnc(Cc4ccc(F)cc4F)s3)c(=O)c(O)c2C(=O)N2CCCC21CO. The summed E-state index contributed by atoms with van der Waals surface area (Å²) in [6, 6.07) is 3.24. The zero-order valence-electron chi connectivity index (χ0n) is 17.5. The smallest absolute Gasteiger partial charge is 0.278 e. The van der Waals surface area contributed by atoms with Crippen LogP contribution >= 0.6 is 11.3 Å². The van der Waals surface area contributed by atoms with Crippen LogP contribution in [0.3, 0.4) is 0 Å². The maximum absolute atomic E-state index is 14.0. The number of benzene rings is 1. The first-order chi connectivity index (χ1) is 15.8. The van der Waals surface area contributed by atoms with E-state index in [-0.39, 0.29) is 34.9 Å². The maximum Gasteiger partial charge on any atom is 0.278 e. The summed E-state index contributed by atoms with van der Waals surface area (Å²) >= 11 is 1.02. The molecule has 1 amide bonds. The molecule has 2 aliphatic heterocycles. The van der Waals surface area contributed by atoms with Gasteiger partial charge in [0.1, 0.15) is 16.6 Å². The van der Waals surface area contributed by atoms with Gasteiger partial charge >= 0.3 is 0 Å². The van der Waals surface area contributed by atoms with Crippen molar-refractivity contribution in [1.29, 1.82) is 0 Å². The van der Waals surface area contributed by atoms with Crippen molar-refractivity contribution in [3.63, 3.8) is 0 Å². The Labute approximate surface area is 190 Å². The number of aromatic nitrogens is 3. The number of carbonyl (C=O) groups is 1. The minimum atomic E-state index is -0.977. The summed E-state index contributed by atoms with van der Waals surface area (Å²) in [5, 5.41) is 31.0. The number of fused-ring (bicyclic) bond motifs is 2. The molecule has 12 heteroatoms. The Morgan fingerprint density at radius 1 is 1.24 bits per heavy atom. The lowest BCUT2D eigenvalue weighted by atomic mass is 10.1. The monoisotopic (exact) mass is 475 g/mol. The van der Waals surface area contributed by atoms with Crippen molar-refractivity contribution in [1.82, 2.24) is 19.8 Å². The molecular formula is C21H19F2N5O4S. The fourth-order valence-corrected chi connectivity index (χ4v) is 5.39. The van der Waals surface area contributed by atoms with Gasteiger partial charge < -0.3 is 15.1 Å². The molecule has 2 N–H and O–H groups in total. The molecule has 3 aromatic rings. The van der Waals surface area contributed by atoms with E-state index in [1.165, 1.54) is 21.8 Å². The minimum Gasteiger partial charge on any atom is -0.502 e. The Morgan fingerprint density at radius 2 is 2.03 bits per heavy atom. The van der Waals surface area contributed by atoms with Crippen molar-refractivity contribution >= 4 is 17.2 Å². The number of carbonyl (C=O) groups excluding carboxylic acids is 1. The van der Waals surface area contributed by atoms with Crippen LogP contribution in [0.2, 0.25) is 0 Å².